The minimum atomic E-state index is -0.452. The molecule has 0 saturated heterocycles. The standard InChI is InChI=1S/C14H10Cl2N2O/c15-9-5-3-7-11(12(9)16)17-13-8-4-1-2-6-10(8)18-14(13)19/h1-7,13,17H,(H,18,19). The Labute approximate surface area is 120 Å². The van der Waals surface area contributed by atoms with Crippen LogP contribution in [0.1, 0.15) is 11.6 Å². The van der Waals surface area contributed by atoms with Crippen LogP contribution in [0, 0.1) is 0 Å². The summed E-state index contributed by atoms with van der Waals surface area (Å²) < 4.78 is 0. The number of hydrogen-bond donors (Lipinski definition) is 2. The quantitative estimate of drug-likeness (QED) is 0.875. The largest absolute Gasteiger partial charge is 0.369 e. The highest BCUT2D eigenvalue weighted by atomic mass is 35.5. The molecule has 3 rings (SSSR count). The third kappa shape index (κ3) is 2.15. The van der Waals surface area contributed by atoms with Crippen LogP contribution in [0.15, 0.2) is 42.5 Å². The lowest BCUT2D eigenvalue weighted by atomic mass is 10.1. The van der Waals surface area contributed by atoms with E-state index in [0.717, 1.165) is 11.3 Å². The Morgan fingerprint density at radius 3 is 2.68 bits per heavy atom. The van der Waals surface area contributed by atoms with Gasteiger partial charge in [0.05, 0.1) is 15.7 Å². The van der Waals surface area contributed by atoms with Crippen molar-refractivity contribution in [3.05, 3.63) is 58.1 Å². The molecular formula is C14H10Cl2N2O. The number of hydrogen-bond acceptors (Lipinski definition) is 2. The van der Waals surface area contributed by atoms with Crippen LogP contribution in [0.2, 0.25) is 10.0 Å². The minimum Gasteiger partial charge on any atom is -0.369 e. The molecule has 0 fully saturated rings. The molecule has 96 valence electrons. The molecule has 2 aromatic carbocycles. The first-order valence-corrected chi connectivity index (χ1v) is 6.53. The molecule has 1 unspecified atom stereocenters. The number of fused-ring (bicyclic) bond motifs is 1. The molecule has 1 amide bonds. The number of benzene rings is 2. The zero-order valence-electron chi connectivity index (χ0n) is 9.78. The van der Waals surface area contributed by atoms with E-state index in [1.54, 1.807) is 18.2 Å². The summed E-state index contributed by atoms with van der Waals surface area (Å²) in [6.45, 7) is 0. The zero-order valence-corrected chi connectivity index (χ0v) is 11.3. The minimum absolute atomic E-state index is 0.0998. The van der Waals surface area contributed by atoms with Crippen molar-refractivity contribution in [2.45, 2.75) is 6.04 Å². The van der Waals surface area contributed by atoms with E-state index in [9.17, 15) is 4.79 Å². The highest BCUT2D eigenvalue weighted by Gasteiger charge is 2.30. The van der Waals surface area contributed by atoms with Gasteiger partial charge in [-0.15, -0.1) is 0 Å². The number of rotatable bonds is 2. The number of carbonyl (C=O) groups excluding carboxylic acids is 1. The summed E-state index contributed by atoms with van der Waals surface area (Å²) in [6.07, 6.45) is 0. The van der Waals surface area contributed by atoms with Crippen LogP contribution in [-0.2, 0) is 4.79 Å². The van der Waals surface area contributed by atoms with Crippen LogP contribution in [0.3, 0.4) is 0 Å². The maximum Gasteiger partial charge on any atom is 0.251 e. The average molecular weight is 293 g/mol. The smallest absolute Gasteiger partial charge is 0.251 e. The lowest BCUT2D eigenvalue weighted by Gasteiger charge is -2.14. The van der Waals surface area contributed by atoms with E-state index < -0.39 is 6.04 Å². The summed E-state index contributed by atoms with van der Waals surface area (Å²) in [5, 5.41) is 6.83. The monoisotopic (exact) mass is 292 g/mol. The fourth-order valence-corrected chi connectivity index (χ4v) is 2.48. The first kappa shape index (κ1) is 12.3. The van der Waals surface area contributed by atoms with Gasteiger partial charge in [0, 0.05) is 11.3 Å². The van der Waals surface area contributed by atoms with Crippen LogP contribution in [0.4, 0.5) is 11.4 Å². The molecule has 1 heterocycles. The van der Waals surface area contributed by atoms with E-state index in [1.807, 2.05) is 24.3 Å². The second-order valence-corrected chi connectivity index (χ2v) is 5.04. The van der Waals surface area contributed by atoms with Crippen molar-refractivity contribution in [2.24, 2.45) is 0 Å². The van der Waals surface area contributed by atoms with E-state index in [1.165, 1.54) is 0 Å². The van der Waals surface area contributed by atoms with Gasteiger partial charge in [-0.1, -0.05) is 47.5 Å². The number of anilines is 2. The van der Waals surface area contributed by atoms with Crippen LogP contribution in [-0.4, -0.2) is 5.91 Å². The van der Waals surface area contributed by atoms with Crippen LogP contribution in [0.5, 0.6) is 0 Å². The van der Waals surface area contributed by atoms with Gasteiger partial charge in [0.1, 0.15) is 6.04 Å². The molecule has 2 aromatic rings. The van der Waals surface area contributed by atoms with Crippen molar-refractivity contribution < 1.29 is 4.79 Å². The molecule has 0 radical (unpaired) electrons. The third-order valence-electron chi connectivity index (χ3n) is 3.04. The average Bonchev–Trinajstić information content (AvgIpc) is 2.72. The van der Waals surface area contributed by atoms with Crippen molar-refractivity contribution in [1.29, 1.82) is 0 Å². The Hall–Kier alpha value is -1.71. The van der Waals surface area contributed by atoms with Gasteiger partial charge in [0.2, 0.25) is 0 Å². The lowest BCUT2D eigenvalue weighted by molar-refractivity contribution is -0.116. The summed E-state index contributed by atoms with van der Waals surface area (Å²) in [5.41, 5.74) is 2.37. The van der Waals surface area contributed by atoms with Gasteiger partial charge in [-0.2, -0.15) is 0 Å². The molecule has 1 atom stereocenters. The Balaban J connectivity index is 1.96. The van der Waals surface area contributed by atoms with Crippen LogP contribution >= 0.6 is 23.2 Å². The molecule has 0 bridgehead atoms. The topological polar surface area (TPSA) is 41.1 Å². The molecule has 1 aliphatic heterocycles. The van der Waals surface area contributed by atoms with E-state index >= 15 is 0 Å². The molecule has 19 heavy (non-hydrogen) atoms. The van der Waals surface area contributed by atoms with Gasteiger partial charge in [0.25, 0.3) is 5.91 Å². The number of amides is 1. The summed E-state index contributed by atoms with van der Waals surface area (Å²) in [4.78, 5) is 12.0. The predicted octanol–water partition coefficient (Wildman–Crippen LogP) is 4.10. The molecular weight excluding hydrogens is 283 g/mol. The van der Waals surface area contributed by atoms with Crippen molar-refractivity contribution in [1.82, 2.24) is 0 Å². The summed E-state index contributed by atoms with van der Waals surface area (Å²) in [7, 11) is 0. The van der Waals surface area contributed by atoms with Gasteiger partial charge in [0.15, 0.2) is 0 Å². The molecule has 5 heteroatoms. The fourth-order valence-electron chi connectivity index (χ4n) is 2.12. The molecule has 0 aliphatic carbocycles. The first-order valence-electron chi connectivity index (χ1n) is 5.77. The SMILES string of the molecule is O=C1Nc2ccccc2C1Nc1cccc(Cl)c1Cl. The van der Waals surface area contributed by atoms with Crippen LogP contribution in [0.25, 0.3) is 0 Å². The van der Waals surface area contributed by atoms with Gasteiger partial charge >= 0.3 is 0 Å². The van der Waals surface area contributed by atoms with Crippen molar-refractivity contribution in [3.8, 4) is 0 Å². The fraction of sp³-hybridized carbons (Fsp3) is 0.0714. The maximum atomic E-state index is 12.0. The summed E-state index contributed by atoms with van der Waals surface area (Å²) in [5.74, 6) is -0.0998. The normalized spacial score (nSPS) is 16.9. The second kappa shape index (κ2) is 4.76. The predicted molar refractivity (Wildman–Crippen MR) is 77.9 cm³/mol. The lowest BCUT2D eigenvalue weighted by Crippen LogP contribution is -2.19. The zero-order chi connectivity index (χ0) is 13.4. The van der Waals surface area contributed by atoms with E-state index in [4.69, 9.17) is 23.2 Å². The Bertz CT molecular complexity index is 658. The summed E-state index contributed by atoms with van der Waals surface area (Å²) >= 11 is 12.1. The van der Waals surface area contributed by atoms with Gasteiger partial charge in [-0.3, -0.25) is 4.79 Å². The maximum absolute atomic E-state index is 12.0. The van der Waals surface area contributed by atoms with Crippen molar-refractivity contribution in [2.75, 3.05) is 10.6 Å². The molecule has 0 aromatic heterocycles. The Kier molecular flexibility index (Phi) is 3.09. The molecule has 0 spiro atoms. The highest BCUT2D eigenvalue weighted by molar-refractivity contribution is 6.43. The summed E-state index contributed by atoms with van der Waals surface area (Å²) in [6, 6.07) is 12.4. The molecule has 3 nitrogen and oxygen atoms in total. The van der Waals surface area contributed by atoms with Crippen molar-refractivity contribution in [3.63, 3.8) is 0 Å². The van der Waals surface area contributed by atoms with E-state index in [2.05, 4.69) is 10.6 Å². The molecule has 0 saturated carbocycles. The molecule has 2 N–H and O–H groups in total. The van der Waals surface area contributed by atoms with Gasteiger partial charge in [-0.25, -0.2) is 0 Å². The highest BCUT2D eigenvalue weighted by Crippen LogP contribution is 2.36. The number of nitrogens with one attached hydrogen (secondary N) is 2. The number of halogens is 2. The number of para-hydroxylation sites is 1. The molecule has 1 aliphatic rings. The Morgan fingerprint density at radius 1 is 1.05 bits per heavy atom. The second-order valence-electron chi connectivity index (χ2n) is 4.26. The van der Waals surface area contributed by atoms with Gasteiger partial charge in [-0.05, 0) is 18.2 Å². The van der Waals surface area contributed by atoms with Crippen LogP contribution < -0.4 is 10.6 Å². The van der Waals surface area contributed by atoms with E-state index in [0.29, 0.717) is 15.7 Å². The van der Waals surface area contributed by atoms with Gasteiger partial charge < -0.3 is 10.6 Å². The third-order valence-corrected chi connectivity index (χ3v) is 3.86. The first-order chi connectivity index (χ1) is 9.16. The van der Waals surface area contributed by atoms with E-state index in [-0.39, 0.29) is 5.91 Å². The number of carbonyl (C=O) groups is 1. The Morgan fingerprint density at radius 2 is 1.84 bits per heavy atom. The van der Waals surface area contributed by atoms with Crippen molar-refractivity contribution >= 4 is 40.5 Å².